The number of aromatic nitrogens is 3. The van der Waals surface area contributed by atoms with E-state index in [2.05, 4.69) is 25.2 Å². The average Bonchev–Trinajstić information content (AvgIpc) is 3.31. The first-order valence-electron chi connectivity index (χ1n) is 9.51. The van der Waals surface area contributed by atoms with Crippen LogP contribution in [0.2, 0.25) is 5.02 Å². The van der Waals surface area contributed by atoms with Crippen molar-refractivity contribution in [3.8, 4) is 11.3 Å². The highest BCUT2D eigenvalue weighted by Crippen LogP contribution is 2.31. The fourth-order valence-electron chi connectivity index (χ4n) is 3.03. The summed E-state index contributed by atoms with van der Waals surface area (Å²) < 4.78 is 42.3. The minimum Gasteiger partial charge on any atom is -0.354 e. The van der Waals surface area contributed by atoms with Crippen LogP contribution in [0.4, 0.5) is 30.2 Å². The summed E-state index contributed by atoms with van der Waals surface area (Å²) in [7, 11) is 0. The van der Waals surface area contributed by atoms with E-state index >= 15 is 0 Å². The van der Waals surface area contributed by atoms with E-state index in [4.69, 9.17) is 11.6 Å². The molecule has 168 valence electrons. The third kappa shape index (κ3) is 5.29. The summed E-state index contributed by atoms with van der Waals surface area (Å²) in [6.45, 7) is 1.35. The number of nitrogens with one attached hydrogen (secondary N) is 2. The van der Waals surface area contributed by atoms with Crippen LogP contribution in [0.15, 0.2) is 60.0 Å². The second kappa shape index (κ2) is 9.16. The van der Waals surface area contributed by atoms with Crippen LogP contribution in [-0.4, -0.2) is 20.5 Å². The monoisotopic (exact) mass is 489 g/mol. The molecule has 0 saturated carbocycles. The number of carbonyl (C=O) groups excluding carboxylic acids is 1. The molecule has 4 rings (SSSR count). The highest BCUT2D eigenvalue weighted by atomic mass is 35.5. The van der Waals surface area contributed by atoms with Crippen LogP contribution in [0, 0.1) is 6.92 Å². The molecule has 11 heteroatoms. The van der Waals surface area contributed by atoms with E-state index in [0.29, 0.717) is 16.4 Å². The van der Waals surface area contributed by atoms with E-state index in [1.165, 1.54) is 18.5 Å². The molecule has 2 N–H and O–H groups in total. The van der Waals surface area contributed by atoms with Crippen molar-refractivity contribution in [3.63, 3.8) is 0 Å². The Labute approximate surface area is 195 Å². The molecule has 0 bridgehead atoms. The number of rotatable bonds is 5. The fourth-order valence-corrected chi connectivity index (χ4v) is 3.66. The van der Waals surface area contributed by atoms with Crippen molar-refractivity contribution in [2.45, 2.75) is 13.1 Å². The molecule has 2 heterocycles. The fraction of sp³-hybridized carbons (Fsp3) is 0.0909. The maximum atomic E-state index is 12.8. The Hall–Kier alpha value is -3.50. The molecule has 0 fully saturated rings. The lowest BCUT2D eigenvalue weighted by atomic mass is 10.1. The summed E-state index contributed by atoms with van der Waals surface area (Å²) in [6, 6.07) is 14.2. The lowest BCUT2D eigenvalue weighted by molar-refractivity contribution is -0.141. The molecule has 0 unspecified atom stereocenters. The first-order valence-corrected chi connectivity index (χ1v) is 10.7. The van der Waals surface area contributed by atoms with Crippen LogP contribution >= 0.6 is 23.1 Å². The van der Waals surface area contributed by atoms with Crippen LogP contribution in [0.5, 0.6) is 0 Å². The predicted molar refractivity (Wildman–Crippen MR) is 122 cm³/mol. The molecular formula is C22H15ClF3N5OS. The lowest BCUT2D eigenvalue weighted by Crippen LogP contribution is -2.16. The summed E-state index contributed by atoms with van der Waals surface area (Å²) >= 11 is 7.56. The van der Waals surface area contributed by atoms with Crippen LogP contribution in [-0.2, 0) is 6.18 Å². The SMILES string of the molecule is Cc1nc(C(F)(F)F)ccc1C(=O)Nc1ccc(Cl)c(Nc2ccc(-c3csnn3)cc2)c1. The van der Waals surface area contributed by atoms with Gasteiger partial charge in [0.05, 0.1) is 22.0 Å². The summed E-state index contributed by atoms with van der Waals surface area (Å²) in [5, 5.41) is 12.1. The maximum Gasteiger partial charge on any atom is 0.433 e. The zero-order valence-corrected chi connectivity index (χ0v) is 18.5. The molecule has 0 saturated heterocycles. The molecule has 0 aliphatic heterocycles. The smallest absolute Gasteiger partial charge is 0.354 e. The van der Waals surface area contributed by atoms with Gasteiger partial charge in [-0.2, -0.15) is 13.2 Å². The third-order valence-corrected chi connectivity index (χ3v) is 5.50. The number of halogens is 4. The van der Waals surface area contributed by atoms with Crippen molar-refractivity contribution in [3.05, 3.63) is 82.0 Å². The minimum absolute atomic E-state index is 0.0231. The van der Waals surface area contributed by atoms with Crippen molar-refractivity contribution >= 4 is 46.1 Å². The molecule has 33 heavy (non-hydrogen) atoms. The first-order chi connectivity index (χ1) is 15.7. The van der Waals surface area contributed by atoms with Gasteiger partial charge in [-0.05, 0) is 60.9 Å². The summed E-state index contributed by atoms with van der Waals surface area (Å²) in [6.07, 6.45) is -4.58. The average molecular weight is 490 g/mol. The van der Waals surface area contributed by atoms with Gasteiger partial charge >= 0.3 is 6.18 Å². The van der Waals surface area contributed by atoms with E-state index < -0.39 is 17.8 Å². The van der Waals surface area contributed by atoms with Crippen molar-refractivity contribution in [2.24, 2.45) is 0 Å². The predicted octanol–water partition coefficient (Wildman–Crippen LogP) is 6.58. The molecule has 1 amide bonds. The molecule has 2 aromatic heterocycles. The quantitative estimate of drug-likeness (QED) is 0.331. The topological polar surface area (TPSA) is 79.8 Å². The van der Waals surface area contributed by atoms with Gasteiger partial charge in [0.25, 0.3) is 5.91 Å². The Morgan fingerprint density at radius 2 is 1.76 bits per heavy atom. The van der Waals surface area contributed by atoms with Gasteiger partial charge in [0.2, 0.25) is 0 Å². The lowest BCUT2D eigenvalue weighted by Gasteiger charge is -2.13. The number of hydrogen-bond acceptors (Lipinski definition) is 6. The zero-order valence-electron chi connectivity index (χ0n) is 16.9. The van der Waals surface area contributed by atoms with E-state index in [0.717, 1.165) is 29.1 Å². The number of amides is 1. The zero-order chi connectivity index (χ0) is 23.6. The Morgan fingerprint density at radius 1 is 1.03 bits per heavy atom. The van der Waals surface area contributed by atoms with Crippen molar-refractivity contribution in [2.75, 3.05) is 10.6 Å². The Kier molecular flexibility index (Phi) is 6.30. The molecule has 2 aromatic carbocycles. The molecule has 0 radical (unpaired) electrons. The number of hydrogen-bond donors (Lipinski definition) is 2. The van der Waals surface area contributed by atoms with Crippen molar-refractivity contribution in [1.29, 1.82) is 0 Å². The second-order valence-corrected chi connectivity index (χ2v) is 7.99. The van der Waals surface area contributed by atoms with Crippen molar-refractivity contribution in [1.82, 2.24) is 14.6 Å². The van der Waals surface area contributed by atoms with Gasteiger partial charge in [-0.3, -0.25) is 4.79 Å². The van der Waals surface area contributed by atoms with Gasteiger partial charge in [-0.1, -0.05) is 28.2 Å². The van der Waals surface area contributed by atoms with Gasteiger partial charge in [0.1, 0.15) is 11.4 Å². The van der Waals surface area contributed by atoms with Gasteiger partial charge in [0, 0.05) is 22.3 Å². The molecule has 4 aromatic rings. The van der Waals surface area contributed by atoms with Gasteiger partial charge in [-0.15, -0.1) is 5.10 Å². The standard InChI is InChI=1S/C22H15ClF3N5OS/c1-12-16(7-9-20(27-12)22(24,25)26)21(32)29-15-6-8-17(23)18(10-15)28-14-4-2-13(3-5-14)19-11-33-31-30-19/h2-11,28H,1H3,(H,29,32). The number of carbonyl (C=O) groups is 1. The minimum atomic E-state index is -4.58. The molecular weight excluding hydrogens is 475 g/mol. The largest absolute Gasteiger partial charge is 0.433 e. The number of pyridine rings is 1. The van der Waals surface area contributed by atoms with E-state index in [-0.39, 0.29) is 11.3 Å². The highest BCUT2D eigenvalue weighted by molar-refractivity contribution is 7.03. The summed E-state index contributed by atoms with van der Waals surface area (Å²) in [5.41, 5.74) is 2.38. The molecule has 0 aliphatic rings. The molecule has 0 spiro atoms. The third-order valence-electron chi connectivity index (χ3n) is 4.66. The van der Waals surface area contributed by atoms with Crippen molar-refractivity contribution < 1.29 is 18.0 Å². The Bertz CT molecular complexity index is 1290. The van der Waals surface area contributed by atoms with E-state index in [1.54, 1.807) is 18.2 Å². The number of nitrogens with zero attached hydrogens (tertiary/aromatic N) is 3. The maximum absolute atomic E-state index is 12.8. The van der Waals surface area contributed by atoms with Crippen LogP contribution in [0.25, 0.3) is 11.3 Å². The number of anilines is 3. The molecule has 0 atom stereocenters. The van der Waals surface area contributed by atoms with Crippen LogP contribution < -0.4 is 10.6 Å². The summed E-state index contributed by atoms with van der Waals surface area (Å²) in [5.74, 6) is -0.580. The first kappa shape index (κ1) is 22.7. The van der Waals surface area contributed by atoms with Crippen LogP contribution in [0.1, 0.15) is 21.7 Å². The van der Waals surface area contributed by atoms with E-state index in [9.17, 15) is 18.0 Å². The molecule has 6 nitrogen and oxygen atoms in total. The number of alkyl halides is 3. The van der Waals surface area contributed by atoms with Gasteiger partial charge < -0.3 is 10.6 Å². The molecule has 0 aliphatic carbocycles. The Balaban J connectivity index is 1.50. The number of aryl methyl sites for hydroxylation is 1. The second-order valence-electron chi connectivity index (χ2n) is 6.97. The number of benzene rings is 2. The summed E-state index contributed by atoms with van der Waals surface area (Å²) in [4.78, 5) is 16.1. The van der Waals surface area contributed by atoms with Gasteiger partial charge in [-0.25, -0.2) is 4.98 Å². The highest BCUT2D eigenvalue weighted by Gasteiger charge is 2.33. The van der Waals surface area contributed by atoms with Gasteiger partial charge in [0.15, 0.2) is 0 Å². The van der Waals surface area contributed by atoms with E-state index in [1.807, 2.05) is 29.6 Å². The Morgan fingerprint density at radius 3 is 2.39 bits per heavy atom. The van der Waals surface area contributed by atoms with Crippen LogP contribution in [0.3, 0.4) is 0 Å². The normalized spacial score (nSPS) is 11.3.